The fraction of sp³-hybridized carbons (Fsp3) is 0.750. The van der Waals surface area contributed by atoms with E-state index in [2.05, 4.69) is 5.32 Å². The minimum absolute atomic E-state index is 0.668. The summed E-state index contributed by atoms with van der Waals surface area (Å²) in [5.74, 6) is -3.33. The molecule has 30 heavy (non-hydrogen) atoms. The van der Waals surface area contributed by atoms with Crippen molar-refractivity contribution in [2.45, 2.75) is 40.2 Å². The lowest BCUT2D eigenvalue weighted by Crippen LogP contribution is -2.43. The van der Waals surface area contributed by atoms with E-state index in [4.69, 9.17) is 58.6 Å². The SMILES string of the molecule is CC(=O)O.CC(=O)O.CC(=O)O.CC(=O)O.CO[Si](CCCNCCN)(OC)OC. The molecule has 0 amide bonds. The molecule has 182 valence electrons. The van der Waals surface area contributed by atoms with Crippen molar-refractivity contribution in [1.29, 1.82) is 0 Å². The van der Waals surface area contributed by atoms with Crippen LogP contribution < -0.4 is 11.1 Å². The van der Waals surface area contributed by atoms with Gasteiger partial charge in [0, 0.05) is 68.2 Å². The molecule has 0 aliphatic rings. The summed E-state index contributed by atoms with van der Waals surface area (Å²) in [4.78, 5) is 36.0. The van der Waals surface area contributed by atoms with Crippen molar-refractivity contribution in [1.82, 2.24) is 5.32 Å². The number of nitrogens with one attached hydrogen (secondary N) is 1. The molecule has 0 aromatic heterocycles. The summed E-state index contributed by atoms with van der Waals surface area (Å²) < 4.78 is 15.9. The molecule has 7 N–H and O–H groups in total. The topological polar surface area (TPSA) is 215 Å². The standard InChI is InChI=1S/C8H22N2O3Si.4C2H4O2/c1-11-14(12-2,13-3)8-4-6-10-7-5-9;4*1-2(3)4/h10H,4-9H2,1-3H3;4*1H3,(H,3,4). The first-order chi connectivity index (χ1) is 13.7. The Balaban J connectivity index is -0.000000106. The normalized spacial score (nSPS) is 8.93. The van der Waals surface area contributed by atoms with Crippen molar-refractivity contribution >= 4 is 32.7 Å². The molecule has 0 rings (SSSR count). The monoisotopic (exact) mass is 462 g/mol. The van der Waals surface area contributed by atoms with Gasteiger partial charge in [-0.2, -0.15) is 0 Å². The summed E-state index contributed by atoms with van der Waals surface area (Å²) in [5, 5.41) is 32.9. The van der Waals surface area contributed by atoms with Crippen molar-refractivity contribution in [3.8, 4) is 0 Å². The fourth-order valence-corrected chi connectivity index (χ4v) is 2.94. The number of carboxylic acids is 4. The average molecular weight is 463 g/mol. The Kier molecular flexibility index (Phi) is 37.3. The number of hydrogen-bond donors (Lipinski definition) is 6. The molecule has 0 radical (unpaired) electrons. The maximum Gasteiger partial charge on any atom is 0.500 e. The lowest BCUT2D eigenvalue weighted by molar-refractivity contribution is -0.135. The zero-order valence-electron chi connectivity index (χ0n) is 18.8. The molecule has 0 saturated heterocycles. The van der Waals surface area contributed by atoms with Crippen LogP contribution in [0, 0.1) is 0 Å². The summed E-state index contributed by atoms with van der Waals surface area (Å²) >= 11 is 0. The third kappa shape index (κ3) is 72.3. The second-order valence-electron chi connectivity index (χ2n) is 5.01. The first kappa shape index (κ1) is 38.5. The van der Waals surface area contributed by atoms with Crippen LogP contribution in [-0.2, 0) is 32.5 Å². The molecule has 13 nitrogen and oxygen atoms in total. The molecule has 14 heteroatoms. The Hall–Kier alpha value is -2.10. The molecule has 0 aromatic carbocycles. The molecule has 0 spiro atoms. The second-order valence-corrected chi connectivity index (χ2v) is 8.10. The van der Waals surface area contributed by atoms with E-state index in [1.807, 2.05) is 0 Å². The van der Waals surface area contributed by atoms with Crippen molar-refractivity contribution in [3.63, 3.8) is 0 Å². The lowest BCUT2D eigenvalue weighted by atomic mass is 10.5. The first-order valence-electron chi connectivity index (χ1n) is 8.52. The number of rotatable bonds is 9. The Morgan fingerprint density at radius 2 is 1.00 bits per heavy atom. The van der Waals surface area contributed by atoms with E-state index < -0.39 is 32.7 Å². The molecule has 0 bridgehead atoms. The Labute approximate surface area is 178 Å². The third-order valence-corrected chi connectivity index (χ3v) is 4.92. The quantitative estimate of drug-likeness (QED) is 0.199. The average Bonchev–Trinajstić information content (AvgIpc) is 2.57. The van der Waals surface area contributed by atoms with E-state index >= 15 is 0 Å². The van der Waals surface area contributed by atoms with Gasteiger partial charge < -0.3 is 44.8 Å². The number of hydrogen-bond acceptors (Lipinski definition) is 9. The van der Waals surface area contributed by atoms with Gasteiger partial charge >= 0.3 is 8.80 Å². The molecule has 0 saturated carbocycles. The maximum atomic E-state index is 9.00. The van der Waals surface area contributed by atoms with Gasteiger partial charge in [-0.05, 0) is 13.0 Å². The highest BCUT2D eigenvalue weighted by atomic mass is 28.4. The molecule has 0 aliphatic heterocycles. The van der Waals surface area contributed by atoms with Crippen LogP contribution in [0.15, 0.2) is 0 Å². The number of nitrogens with two attached hydrogens (primary N) is 1. The number of carbonyl (C=O) groups is 4. The van der Waals surface area contributed by atoms with Crippen LogP contribution in [0.5, 0.6) is 0 Å². The highest BCUT2D eigenvalue weighted by Crippen LogP contribution is 2.14. The minimum Gasteiger partial charge on any atom is -0.481 e. The predicted molar refractivity (Wildman–Crippen MR) is 111 cm³/mol. The molecule has 0 aromatic rings. The van der Waals surface area contributed by atoms with Gasteiger partial charge in [0.15, 0.2) is 0 Å². The zero-order chi connectivity index (χ0) is 25.2. The molecular formula is C16H38N2O11Si. The van der Waals surface area contributed by atoms with E-state index in [1.54, 1.807) is 21.3 Å². The van der Waals surface area contributed by atoms with E-state index in [0.717, 1.165) is 53.2 Å². The Morgan fingerprint density at radius 1 is 0.733 bits per heavy atom. The third-order valence-electron chi connectivity index (χ3n) is 2.09. The maximum absolute atomic E-state index is 9.00. The van der Waals surface area contributed by atoms with Crippen LogP contribution in [0.4, 0.5) is 0 Å². The first-order valence-corrected chi connectivity index (χ1v) is 10.4. The molecule has 0 heterocycles. The van der Waals surface area contributed by atoms with E-state index in [-0.39, 0.29) is 0 Å². The highest BCUT2D eigenvalue weighted by molar-refractivity contribution is 6.60. The van der Waals surface area contributed by atoms with Gasteiger partial charge in [-0.1, -0.05) is 0 Å². The highest BCUT2D eigenvalue weighted by Gasteiger charge is 2.36. The van der Waals surface area contributed by atoms with Crippen molar-refractivity contribution < 1.29 is 52.9 Å². The fourth-order valence-electron chi connectivity index (χ4n) is 1.21. The van der Waals surface area contributed by atoms with Crippen LogP contribution in [0.3, 0.4) is 0 Å². The van der Waals surface area contributed by atoms with Gasteiger partial charge in [0.2, 0.25) is 0 Å². The van der Waals surface area contributed by atoms with Gasteiger partial charge in [0.25, 0.3) is 23.9 Å². The second kappa shape index (κ2) is 29.1. The zero-order valence-corrected chi connectivity index (χ0v) is 19.8. The van der Waals surface area contributed by atoms with E-state index in [9.17, 15) is 0 Å². The lowest BCUT2D eigenvalue weighted by Gasteiger charge is -2.24. The summed E-state index contributed by atoms with van der Waals surface area (Å²) in [6.45, 7) is 6.77. The summed E-state index contributed by atoms with van der Waals surface area (Å²) in [6, 6.07) is 0.827. The van der Waals surface area contributed by atoms with Gasteiger partial charge in [-0.25, -0.2) is 0 Å². The van der Waals surface area contributed by atoms with E-state index in [1.165, 1.54) is 0 Å². The number of aliphatic carboxylic acids is 4. The van der Waals surface area contributed by atoms with Gasteiger partial charge in [-0.15, -0.1) is 0 Å². The largest absolute Gasteiger partial charge is 0.500 e. The molecule has 0 fully saturated rings. The van der Waals surface area contributed by atoms with Crippen LogP contribution in [-0.4, -0.2) is 94.1 Å². The molecule has 0 aliphatic carbocycles. The van der Waals surface area contributed by atoms with Crippen LogP contribution >= 0.6 is 0 Å². The van der Waals surface area contributed by atoms with Crippen LogP contribution in [0.25, 0.3) is 0 Å². The Morgan fingerprint density at radius 3 is 1.20 bits per heavy atom. The van der Waals surface area contributed by atoms with Crippen LogP contribution in [0.2, 0.25) is 6.04 Å². The van der Waals surface area contributed by atoms with Crippen molar-refractivity contribution in [3.05, 3.63) is 0 Å². The summed E-state index contributed by atoms with van der Waals surface area (Å²) in [7, 11) is 2.55. The van der Waals surface area contributed by atoms with Gasteiger partial charge in [0.05, 0.1) is 0 Å². The van der Waals surface area contributed by atoms with Crippen molar-refractivity contribution in [2.24, 2.45) is 5.73 Å². The predicted octanol–water partition coefficient (Wildman–Crippen LogP) is 0.167. The Bertz CT molecular complexity index is 361. The minimum atomic E-state index is -2.35. The van der Waals surface area contributed by atoms with E-state index in [0.29, 0.717) is 6.54 Å². The van der Waals surface area contributed by atoms with Gasteiger partial charge in [-0.3, -0.25) is 19.2 Å². The molecule has 0 unspecified atom stereocenters. The van der Waals surface area contributed by atoms with Gasteiger partial charge in [0.1, 0.15) is 0 Å². The van der Waals surface area contributed by atoms with Crippen molar-refractivity contribution in [2.75, 3.05) is 41.0 Å². The molecular weight excluding hydrogens is 424 g/mol. The summed E-state index contributed by atoms with van der Waals surface area (Å²) in [6.07, 6.45) is 0.974. The summed E-state index contributed by atoms with van der Waals surface area (Å²) in [5.41, 5.74) is 5.35. The van der Waals surface area contributed by atoms with Crippen LogP contribution in [0.1, 0.15) is 34.1 Å². The smallest absolute Gasteiger partial charge is 0.481 e. The number of carboxylic acid groups (broad SMARTS) is 4. The molecule has 0 atom stereocenters.